The molecule has 2 aromatic carbocycles. The van der Waals surface area contributed by atoms with Crippen molar-refractivity contribution in [3.63, 3.8) is 0 Å². The van der Waals surface area contributed by atoms with Crippen LogP contribution in [0.5, 0.6) is 5.75 Å². The summed E-state index contributed by atoms with van der Waals surface area (Å²) >= 11 is 0. The van der Waals surface area contributed by atoms with Crippen LogP contribution in [0.1, 0.15) is 11.1 Å². The van der Waals surface area contributed by atoms with Gasteiger partial charge in [-0.1, -0.05) is 55.1 Å². The monoisotopic (exact) mass is 261 g/mol. The van der Waals surface area contributed by atoms with Crippen molar-refractivity contribution in [2.24, 2.45) is 0 Å². The molecule has 0 aliphatic carbocycles. The van der Waals surface area contributed by atoms with Gasteiger partial charge in [0.25, 0.3) is 0 Å². The summed E-state index contributed by atoms with van der Waals surface area (Å²) in [7, 11) is 1.62. The van der Waals surface area contributed by atoms with Crippen molar-refractivity contribution in [3.05, 3.63) is 77.9 Å². The zero-order chi connectivity index (χ0) is 14.4. The summed E-state index contributed by atoms with van der Waals surface area (Å²) in [6, 6.07) is 19.5. The Labute approximate surface area is 119 Å². The van der Waals surface area contributed by atoms with Crippen molar-refractivity contribution in [2.75, 3.05) is 7.11 Å². The lowest BCUT2D eigenvalue weighted by molar-refractivity contribution is 0.414. The van der Waals surface area contributed by atoms with Gasteiger partial charge in [0.1, 0.15) is 5.75 Å². The molecule has 0 bridgehead atoms. The van der Waals surface area contributed by atoms with E-state index in [1.807, 2.05) is 54.6 Å². The number of nitriles is 1. The molecule has 0 saturated carbocycles. The number of hydrogen-bond acceptors (Lipinski definition) is 2. The van der Waals surface area contributed by atoms with Gasteiger partial charge in [0.05, 0.1) is 18.8 Å². The Balaban J connectivity index is 2.40. The molecule has 20 heavy (non-hydrogen) atoms. The maximum atomic E-state index is 9.36. The molecule has 2 heteroatoms. The van der Waals surface area contributed by atoms with Crippen LogP contribution in [0, 0.1) is 11.3 Å². The molecule has 0 heterocycles. The highest BCUT2D eigenvalue weighted by Gasteiger charge is 2.07. The van der Waals surface area contributed by atoms with Gasteiger partial charge in [-0.2, -0.15) is 5.26 Å². The van der Waals surface area contributed by atoms with Crippen LogP contribution in [0.2, 0.25) is 0 Å². The molecule has 0 radical (unpaired) electrons. The molecular weight excluding hydrogens is 246 g/mol. The molecule has 0 amide bonds. The van der Waals surface area contributed by atoms with Crippen LogP contribution in [0.15, 0.2) is 66.7 Å². The normalized spacial score (nSPS) is 10.7. The smallest absolute Gasteiger partial charge is 0.126 e. The van der Waals surface area contributed by atoms with E-state index in [-0.39, 0.29) is 0 Å². The Morgan fingerprint density at radius 1 is 1.10 bits per heavy atom. The Bertz CT molecular complexity index is 678. The number of benzene rings is 2. The molecule has 2 aromatic rings. The Morgan fingerprint density at radius 2 is 1.75 bits per heavy atom. The maximum Gasteiger partial charge on any atom is 0.126 e. The van der Waals surface area contributed by atoms with Gasteiger partial charge in [-0.05, 0) is 23.3 Å². The maximum absolute atomic E-state index is 9.36. The van der Waals surface area contributed by atoms with E-state index in [9.17, 15) is 5.26 Å². The van der Waals surface area contributed by atoms with Crippen molar-refractivity contribution in [2.45, 2.75) is 0 Å². The Hall–Kier alpha value is -2.79. The fourth-order valence-corrected chi connectivity index (χ4v) is 1.92. The predicted molar refractivity (Wildman–Crippen MR) is 82.1 cm³/mol. The van der Waals surface area contributed by atoms with Gasteiger partial charge in [0, 0.05) is 5.56 Å². The van der Waals surface area contributed by atoms with E-state index in [1.165, 1.54) is 0 Å². The summed E-state index contributed by atoms with van der Waals surface area (Å²) in [6.07, 6.45) is 1.80. The molecule has 0 unspecified atom stereocenters. The number of ether oxygens (including phenoxy) is 1. The Kier molecular flexibility index (Phi) is 4.36. The fraction of sp³-hybridized carbons (Fsp3) is 0.0556. The largest absolute Gasteiger partial charge is 0.496 e. The predicted octanol–water partition coefficient (Wildman–Crippen LogP) is 4.32. The summed E-state index contributed by atoms with van der Waals surface area (Å²) < 4.78 is 5.29. The van der Waals surface area contributed by atoms with Crippen LogP contribution in [0.25, 0.3) is 11.6 Å². The third-order valence-electron chi connectivity index (χ3n) is 3.01. The van der Waals surface area contributed by atoms with E-state index in [4.69, 9.17) is 4.74 Å². The minimum atomic E-state index is 0.528. The quantitative estimate of drug-likeness (QED) is 0.606. The van der Waals surface area contributed by atoms with E-state index in [1.54, 1.807) is 13.2 Å². The van der Waals surface area contributed by atoms with Gasteiger partial charge in [-0.25, -0.2) is 0 Å². The van der Waals surface area contributed by atoms with Gasteiger partial charge in [-0.3, -0.25) is 0 Å². The van der Waals surface area contributed by atoms with Crippen molar-refractivity contribution < 1.29 is 4.74 Å². The number of para-hydroxylation sites is 1. The zero-order valence-electron chi connectivity index (χ0n) is 11.3. The molecule has 0 aliphatic rings. The van der Waals surface area contributed by atoms with Gasteiger partial charge in [-0.15, -0.1) is 0 Å². The van der Waals surface area contributed by atoms with Gasteiger partial charge >= 0.3 is 0 Å². The number of allylic oxidation sites excluding steroid dienone is 2. The summed E-state index contributed by atoms with van der Waals surface area (Å²) in [5.41, 5.74) is 3.04. The first-order chi connectivity index (χ1) is 9.76. The lowest BCUT2D eigenvalue weighted by Gasteiger charge is -2.07. The third kappa shape index (κ3) is 2.96. The first-order valence-corrected chi connectivity index (χ1v) is 6.25. The average Bonchev–Trinajstić information content (AvgIpc) is 2.53. The highest BCUT2D eigenvalue weighted by atomic mass is 16.5. The molecule has 2 rings (SSSR count). The minimum absolute atomic E-state index is 0.528. The Morgan fingerprint density at radius 3 is 2.40 bits per heavy atom. The topological polar surface area (TPSA) is 33.0 Å². The number of nitrogens with zero attached hydrogens (tertiary/aromatic N) is 1. The van der Waals surface area contributed by atoms with Gasteiger partial charge < -0.3 is 4.74 Å². The van der Waals surface area contributed by atoms with Crippen LogP contribution >= 0.6 is 0 Å². The van der Waals surface area contributed by atoms with Crippen LogP contribution < -0.4 is 4.74 Å². The van der Waals surface area contributed by atoms with E-state index in [0.29, 0.717) is 11.1 Å². The summed E-state index contributed by atoms with van der Waals surface area (Å²) in [4.78, 5) is 0. The van der Waals surface area contributed by atoms with Crippen LogP contribution in [-0.2, 0) is 0 Å². The molecule has 0 spiro atoms. The van der Waals surface area contributed by atoms with E-state index < -0.39 is 0 Å². The second kappa shape index (κ2) is 6.40. The molecule has 0 aromatic heterocycles. The second-order valence-corrected chi connectivity index (χ2v) is 4.26. The summed E-state index contributed by atoms with van der Waals surface area (Å²) in [5, 5.41) is 9.36. The third-order valence-corrected chi connectivity index (χ3v) is 3.01. The van der Waals surface area contributed by atoms with Crippen LogP contribution in [-0.4, -0.2) is 7.11 Å². The van der Waals surface area contributed by atoms with Crippen molar-refractivity contribution in [3.8, 4) is 11.8 Å². The average molecular weight is 261 g/mol. The fourth-order valence-electron chi connectivity index (χ4n) is 1.92. The molecule has 0 aliphatic heterocycles. The minimum Gasteiger partial charge on any atom is -0.496 e. The molecule has 0 atom stereocenters. The molecule has 2 nitrogen and oxygen atoms in total. The number of hydrogen-bond donors (Lipinski definition) is 0. The zero-order valence-corrected chi connectivity index (χ0v) is 11.3. The van der Waals surface area contributed by atoms with Gasteiger partial charge in [0.15, 0.2) is 0 Å². The molecule has 0 fully saturated rings. The molecular formula is C18H15NO. The van der Waals surface area contributed by atoms with E-state index in [0.717, 1.165) is 16.9 Å². The van der Waals surface area contributed by atoms with E-state index in [2.05, 4.69) is 12.6 Å². The van der Waals surface area contributed by atoms with Crippen molar-refractivity contribution >= 4 is 11.6 Å². The van der Waals surface area contributed by atoms with Crippen molar-refractivity contribution in [1.82, 2.24) is 0 Å². The standard InChI is InChI=1S/C18H15NO/c1-14(15-8-4-3-5-9-15)17(13-19)12-16-10-6-7-11-18(16)20-2/h3-12H,1H2,2H3/b17-12+. The SMILES string of the molecule is C=C(/C(C#N)=C/c1ccccc1OC)c1ccccc1. The highest BCUT2D eigenvalue weighted by Crippen LogP contribution is 2.26. The van der Waals surface area contributed by atoms with Crippen LogP contribution in [0.3, 0.4) is 0 Å². The molecule has 98 valence electrons. The summed E-state index contributed by atoms with van der Waals surface area (Å²) in [5.74, 6) is 0.737. The van der Waals surface area contributed by atoms with Crippen LogP contribution in [0.4, 0.5) is 0 Å². The molecule has 0 N–H and O–H groups in total. The lowest BCUT2D eigenvalue weighted by Crippen LogP contribution is -1.89. The lowest BCUT2D eigenvalue weighted by atomic mass is 9.98. The first-order valence-electron chi connectivity index (χ1n) is 6.25. The first kappa shape index (κ1) is 13.6. The number of methoxy groups -OCH3 is 1. The molecule has 0 saturated heterocycles. The number of rotatable bonds is 4. The van der Waals surface area contributed by atoms with Gasteiger partial charge in [0.2, 0.25) is 0 Å². The highest BCUT2D eigenvalue weighted by molar-refractivity contribution is 5.87. The van der Waals surface area contributed by atoms with Crippen molar-refractivity contribution in [1.29, 1.82) is 5.26 Å². The second-order valence-electron chi connectivity index (χ2n) is 4.26. The van der Waals surface area contributed by atoms with E-state index >= 15 is 0 Å². The summed E-state index contributed by atoms with van der Waals surface area (Å²) in [6.45, 7) is 4.02.